The molecule has 2 aromatic rings. The van der Waals surface area contributed by atoms with Crippen molar-refractivity contribution in [3.63, 3.8) is 0 Å². The Labute approximate surface area is 161 Å². The van der Waals surface area contributed by atoms with Gasteiger partial charge in [-0.3, -0.25) is 0 Å². The van der Waals surface area contributed by atoms with Gasteiger partial charge < -0.3 is 14.9 Å². The highest BCUT2D eigenvalue weighted by Gasteiger charge is 2.26. The molecule has 0 atom stereocenters. The van der Waals surface area contributed by atoms with Gasteiger partial charge in [0.05, 0.1) is 0 Å². The Kier molecular flexibility index (Phi) is 5.97. The molecule has 0 amide bonds. The highest BCUT2D eigenvalue weighted by Crippen LogP contribution is 2.39. The molecule has 1 N–H and O–H groups in total. The first kappa shape index (κ1) is 19.2. The normalized spacial score (nSPS) is 14.4. The van der Waals surface area contributed by atoms with Crippen molar-refractivity contribution < 1.29 is 9.57 Å². The minimum Gasteiger partial charge on any atom is -0.490 e. The number of benzene rings is 2. The second kappa shape index (κ2) is 8.40. The zero-order valence-electron chi connectivity index (χ0n) is 16.6. The number of hydrogen-bond acceptors (Lipinski definition) is 4. The van der Waals surface area contributed by atoms with E-state index in [2.05, 4.69) is 53.8 Å². The van der Waals surface area contributed by atoms with E-state index in [1.54, 1.807) is 0 Å². The van der Waals surface area contributed by atoms with Crippen LogP contribution in [0.25, 0.3) is 11.1 Å². The molecule has 4 heteroatoms. The van der Waals surface area contributed by atoms with E-state index in [9.17, 15) is 0 Å². The third-order valence-electron chi connectivity index (χ3n) is 4.15. The molecule has 0 radical (unpaired) electrons. The summed E-state index contributed by atoms with van der Waals surface area (Å²) in [5.74, 6) is 0.832. The Hall–Kier alpha value is -2.59. The average molecular weight is 364 g/mol. The standard InChI is InChI=1S/C23H28N2O2/c1-5-24-14-8-9-15-26-17-12-13-19-18-10-6-7-11-20(18)22(21(19)16-17)25-27-23(2,3)4/h6-13,16,24H,5,14-15H2,1-4H3/b9-8-,25-22+. The maximum absolute atomic E-state index is 5.89. The van der Waals surface area contributed by atoms with Crippen molar-refractivity contribution in [1.29, 1.82) is 0 Å². The van der Waals surface area contributed by atoms with E-state index in [1.807, 2.05) is 39.0 Å². The van der Waals surface area contributed by atoms with Crippen molar-refractivity contribution in [3.8, 4) is 16.9 Å². The monoisotopic (exact) mass is 364 g/mol. The number of likely N-dealkylation sites (N-methyl/N-ethyl adjacent to an activating group) is 1. The van der Waals surface area contributed by atoms with Crippen LogP contribution in [-0.2, 0) is 4.84 Å². The molecule has 2 aromatic carbocycles. The molecule has 3 rings (SSSR count). The van der Waals surface area contributed by atoms with Gasteiger partial charge in [0, 0.05) is 17.7 Å². The van der Waals surface area contributed by atoms with Crippen LogP contribution >= 0.6 is 0 Å². The molecular weight excluding hydrogens is 336 g/mol. The van der Waals surface area contributed by atoms with Gasteiger partial charge in [0.25, 0.3) is 0 Å². The minimum atomic E-state index is -0.337. The molecule has 0 aliphatic heterocycles. The molecule has 0 unspecified atom stereocenters. The van der Waals surface area contributed by atoms with Gasteiger partial charge in [0.2, 0.25) is 0 Å². The molecule has 0 saturated carbocycles. The quantitative estimate of drug-likeness (QED) is 0.373. The van der Waals surface area contributed by atoms with Gasteiger partial charge in [0.15, 0.2) is 0 Å². The van der Waals surface area contributed by atoms with E-state index in [4.69, 9.17) is 9.57 Å². The van der Waals surface area contributed by atoms with Gasteiger partial charge in [-0.15, -0.1) is 0 Å². The molecule has 0 fully saturated rings. The molecular formula is C23H28N2O2. The summed E-state index contributed by atoms with van der Waals surface area (Å²) in [6.45, 7) is 10.5. The Bertz CT molecular complexity index is 848. The van der Waals surface area contributed by atoms with Gasteiger partial charge in [-0.1, -0.05) is 48.5 Å². The summed E-state index contributed by atoms with van der Waals surface area (Å²) in [5.41, 5.74) is 5.02. The third kappa shape index (κ3) is 4.77. The first-order valence-electron chi connectivity index (χ1n) is 9.48. The van der Waals surface area contributed by atoms with Crippen LogP contribution in [-0.4, -0.2) is 31.0 Å². The van der Waals surface area contributed by atoms with Crippen LogP contribution in [0.1, 0.15) is 38.8 Å². The fourth-order valence-electron chi connectivity index (χ4n) is 2.92. The zero-order valence-corrected chi connectivity index (χ0v) is 16.6. The van der Waals surface area contributed by atoms with E-state index >= 15 is 0 Å². The van der Waals surface area contributed by atoms with E-state index < -0.39 is 0 Å². The Morgan fingerprint density at radius 3 is 2.44 bits per heavy atom. The highest BCUT2D eigenvalue weighted by atomic mass is 16.6. The van der Waals surface area contributed by atoms with Crippen LogP contribution in [0.4, 0.5) is 0 Å². The van der Waals surface area contributed by atoms with E-state index in [0.29, 0.717) is 6.61 Å². The molecule has 1 aliphatic carbocycles. The minimum absolute atomic E-state index is 0.337. The van der Waals surface area contributed by atoms with Gasteiger partial charge >= 0.3 is 0 Å². The zero-order chi connectivity index (χ0) is 19.3. The molecule has 0 heterocycles. The number of ether oxygens (including phenoxy) is 1. The molecule has 0 saturated heterocycles. The SMILES string of the molecule is CCNC/C=C\COc1ccc2c(c1)/C(=N/OC(C)(C)C)c1ccccc1-2. The van der Waals surface area contributed by atoms with Crippen LogP contribution in [0.2, 0.25) is 0 Å². The van der Waals surface area contributed by atoms with Gasteiger partial charge in [-0.05, 0) is 56.6 Å². The summed E-state index contributed by atoms with van der Waals surface area (Å²) >= 11 is 0. The van der Waals surface area contributed by atoms with Crippen LogP contribution in [0, 0.1) is 0 Å². The predicted octanol–water partition coefficient (Wildman–Crippen LogP) is 4.78. The second-order valence-electron chi connectivity index (χ2n) is 7.49. The Balaban J connectivity index is 1.83. The smallest absolute Gasteiger partial charge is 0.129 e. The maximum Gasteiger partial charge on any atom is 0.129 e. The summed E-state index contributed by atoms with van der Waals surface area (Å²) in [7, 11) is 0. The molecule has 0 aromatic heterocycles. The van der Waals surface area contributed by atoms with E-state index in [-0.39, 0.29) is 5.60 Å². The Morgan fingerprint density at radius 2 is 1.70 bits per heavy atom. The molecule has 4 nitrogen and oxygen atoms in total. The van der Waals surface area contributed by atoms with Crippen LogP contribution < -0.4 is 10.1 Å². The van der Waals surface area contributed by atoms with Crippen molar-refractivity contribution >= 4 is 5.71 Å². The first-order valence-corrected chi connectivity index (χ1v) is 9.48. The average Bonchev–Trinajstić information content (AvgIpc) is 2.95. The number of nitrogens with zero attached hydrogens (tertiary/aromatic N) is 1. The lowest BCUT2D eigenvalue weighted by Gasteiger charge is -2.16. The fraction of sp³-hybridized carbons (Fsp3) is 0.348. The lowest BCUT2D eigenvalue weighted by Crippen LogP contribution is -2.17. The largest absolute Gasteiger partial charge is 0.490 e. The number of hydrogen-bond donors (Lipinski definition) is 1. The van der Waals surface area contributed by atoms with Crippen LogP contribution in [0.15, 0.2) is 59.8 Å². The summed E-state index contributed by atoms with van der Waals surface area (Å²) in [5, 5.41) is 7.74. The number of fused-ring (bicyclic) bond motifs is 3. The molecule has 1 aliphatic rings. The summed E-state index contributed by atoms with van der Waals surface area (Å²) in [4.78, 5) is 5.73. The second-order valence-corrected chi connectivity index (χ2v) is 7.49. The molecule has 0 spiro atoms. The van der Waals surface area contributed by atoms with Crippen molar-refractivity contribution in [2.75, 3.05) is 19.7 Å². The van der Waals surface area contributed by atoms with Gasteiger partial charge in [0.1, 0.15) is 23.7 Å². The van der Waals surface area contributed by atoms with Crippen molar-refractivity contribution in [2.45, 2.75) is 33.3 Å². The highest BCUT2D eigenvalue weighted by molar-refractivity contribution is 6.24. The van der Waals surface area contributed by atoms with E-state index in [0.717, 1.165) is 41.2 Å². The van der Waals surface area contributed by atoms with Gasteiger partial charge in [-0.25, -0.2) is 0 Å². The van der Waals surface area contributed by atoms with Gasteiger partial charge in [-0.2, -0.15) is 0 Å². The maximum atomic E-state index is 5.89. The molecule has 0 bridgehead atoms. The van der Waals surface area contributed by atoms with Crippen LogP contribution in [0.5, 0.6) is 5.75 Å². The van der Waals surface area contributed by atoms with Crippen molar-refractivity contribution in [1.82, 2.24) is 5.32 Å². The Morgan fingerprint density at radius 1 is 0.963 bits per heavy atom. The number of rotatable bonds is 7. The number of oxime groups is 1. The number of nitrogens with one attached hydrogen (secondary N) is 1. The lowest BCUT2D eigenvalue weighted by molar-refractivity contribution is 0.00121. The van der Waals surface area contributed by atoms with Crippen molar-refractivity contribution in [2.24, 2.45) is 5.16 Å². The third-order valence-corrected chi connectivity index (χ3v) is 4.15. The predicted molar refractivity (Wildman–Crippen MR) is 112 cm³/mol. The van der Waals surface area contributed by atoms with Crippen LogP contribution in [0.3, 0.4) is 0 Å². The summed E-state index contributed by atoms with van der Waals surface area (Å²) in [6.07, 6.45) is 4.11. The fourth-order valence-corrected chi connectivity index (χ4v) is 2.92. The molecule has 27 heavy (non-hydrogen) atoms. The summed E-state index contributed by atoms with van der Waals surface area (Å²) < 4.78 is 5.89. The summed E-state index contributed by atoms with van der Waals surface area (Å²) in [6, 6.07) is 14.5. The lowest BCUT2D eigenvalue weighted by atomic mass is 10.1. The topological polar surface area (TPSA) is 42.8 Å². The first-order chi connectivity index (χ1) is 13.0. The van der Waals surface area contributed by atoms with Crippen molar-refractivity contribution in [3.05, 3.63) is 65.7 Å². The molecule has 142 valence electrons. The van der Waals surface area contributed by atoms with E-state index in [1.165, 1.54) is 5.56 Å².